The third-order valence-corrected chi connectivity index (χ3v) is 7.41. The van der Waals surface area contributed by atoms with E-state index in [2.05, 4.69) is 31.1 Å². The van der Waals surface area contributed by atoms with Crippen LogP contribution >= 0.6 is 23.7 Å². The number of hydrogen-bond acceptors (Lipinski definition) is 5. The van der Waals surface area contributed by atoms with Crippen LogP contribution in [0.4, 0.5) is 5.82 Å². The summed E-state index contributed by atoms with van der Waals surface area (Å²) in [7, 11) is 0. The molecule has 178 valence electrons. The van der Waals surface area contributed by atoms with E-state index in [1.807, 2.05) is 17.0 Å². The molecule has 1 aliphatic rings. The molecule has 32 heavy (non-hydrogen) atoms. The van der Waals surface area contributed by atoms with Crippen molar-refractivity contribution >= 4 is 51.5 Å². The smallest absolute Gasteiger partial charge is 0.245 e. The van der Waals surface area contributed by atoms with Crippen LogP contribution in [0, 0.1) is 11.8 Å². The molecule has 1 saturated heterocycles. The molecule has 1 atom stereocenters. The third-order valence-electron chi connectivity index (χ3n) is 6.29. The Labute approximate surface area is 201 Å². The monoisotopic (exact) mass is 480 g/mol. The number of pyridine rings is 1. The molecule has 0 spiro atoms. The number of nitrogens with two attached hydrogens (primary N) is 1. The molecule has 3 rings (SSSR count). The van der Waals surface area contributed by atoms with Crippen LogP contribution in [0.2, 0.25) is 0 Å². The molecule has 2 amide bonds. The van der Waals surface area contributed by atoms with Gasteiger partial charge in [-0.3, -0.25) is 9.59 Å². The maximum absolute atomic E-state index is 13.4. The second-order valence-electron chi connectivity index (χ2n) is 8.87. The molecule has 0 saturated carbocycles. The first-order valence-corrected chi connectivity index (χ1v) is 12.5. The summed E-state index contributed by atoms with van der Waals surface area (Å²) in [5.41, 5.74) is 6.03. The number of aromatic nitrogens is 1. The van der Waals surface area contributed by atoms with Crippen LogP contribution in [0.3, 0.4) is 0 Å². The van der Waals surface area contributed by atoms with Crippen molar-refractivity contribution in [1.29, 1.82) is 0 Å². The molecule has 0 bridgehead atoms. The maximum Gasteiger partial charge on any atom is 0.245 e. The first-order chi connectivity index (χ1) is 14.9. The molecule has 6 nitrogen and oxygen atoms in total. The van der Waals surface area contributed by atoms with Crippen LogP contribution in [-0.2, 0) is 16.0 Å². The number of nitrogen functional groups attached to an aromatic ring is 1. The lowest BCUT2D eigenvalue weighted by atomic mass is 9.96. The van der Waals surface area contributed by atoms with E-state index in [9.17, 15) is 9.59 Å². The van der Waals surface area contributed by atoms with Crippen LogP contribution in [0.15, 0.2) is 18.3 Å². The fraction of sp³-hybridized carbons (Fsp3) is 0.625. The van der Waals surface area contributed by atoms with Crippen LogP contribution in [-0.4, -0.2) is 40.8 Å². The van der Waals surface area contributed by atoms with Crippen molar-refractivity contribution in [2.45, 2.75) is 71.8 Å². The van der Waals surface area contributed by atoms with E-state index in [4.69, 9.17) is 5.73 Å². The van der Waals surface area contributed by atoms with Gasteiger partial charge in [-0.2, -0.15) is 0 Å². The summed E-state index contributed by atoms with van der Waals surface area (Å²) >= 11 is 1.62. The number of nitrogens with zero attached hydrogens (tertiary/aromatic N) is 2. The number of anilines is 1. The molecule has 1 unspecified atom stereocenters. The Hall–Kier alpha value is -1.86. The summed E-state index contributed by atoms with van der Waals surface area (Å²) in [6, 6.07) is 3.42. The molecule has 1 fully saturated rings. The minimum Gasteiger partial charge on any atom is -0.383 e. The Morgan fingerprint density at radius 1 is 1.25 bits per heavy atom. The van der Waals surface area contributed by atoms with Crippen molar-refractivity contribution in [2.75, 3.05) is 18.8 Å². The van der Waals surface area contributed by atoms with Gasteiger partial charge in [-0.25, -0.2) is 4.98 Å². The number of piperidine rings is 1. The van der Waals surface area contributed by atoms with E-state index in [0.29, 0.717) is 18.2 Å². The quantitative estimate of drug-likeness (QED) is 0.539. The number of likely N-dealkylation sites (tertiary alicyclic amines) is 1. The zero-order chi connectivity index (χ0) is 22.4. The molecule has 2 aromatic rings. The van der Waals surface area contributed by atoms with Crippen molar-refractivity contribution in [3.8, 4) is 0 Å². The largest absolute Gasteiger partial charge is 0.383 e. The molecule has 1 aliphatic heterocycles. The SMILES string of the molecule is CCCC(CCC)C(=O)NC(Cc1cc2c(N)nccc2s1)C(=O)N1CCC(C)CC1.Cl. The number of carbonyl (C=O) groups is 2. The van der Waals surface area contributed by atoms with E-state index < -0.39 is 6.04 Å². The van der Waals surface area contributed by atoms with Gasteiger partial charge in [0.1, 0.15) is 11.9 Å². The zero-order valence-electron chi connectivity index (χ0n) is 19.4. The Bertz CT molecular complexity index is 889. The van der Waals surface area contributed by atoms with Crippen LogP contribution < -0.4 is 11.1 Å². The average molecular weight is 481 g/mol. The number of carbonyl (C=O) groups excluding carboxylic acids is 2. The second-order valence-corrected chi connectivity index (χ2v) is 10.0. The van der Waals surface area contributed by atoms with Crippen LogP contribution in [0.1, 0.15) is 64.2 Å². The van der Waals surface area contributed by atoms with Gasteiger partial charge in [-0.1, -0.05) is 33.6 Å². The van der Waals surface area contributed by atoms with E-state index >= 15 is 0 Å². The van der Waals surface area contributed by atoms with Crippen LogP contribution in [0.25, 0.3) is 10.1 Å². The number of fused-ring (bicyclic) bond motifs is 1. The highest BCUT2D eigenvalue weighted by atomic mass is 35.5. The Morgan fingerprint density at radius 3 is 2.50 bits per heavy atom. The van der Waals surface area contributed by atoms with Gasteiger partial charge in [0.25, 0.3) is 0 Å². The lowest BCUT2D eigenvalue weighted by Crippen LogP contribution is -2.52. The predicted molar refractivity (Wildman–Crippen MR) is 135 cm³/mol. The minimum atomic E-state index is -0.542. The van der Waals surface area contributed by atoms with Crippen LogP contribution in [0.5, 0.6) is 0 Å². The summed E-state index contributed by atoms with van der Waals surface area (Å²) in [4.78, 5) is 33.7. The molecular weight excluding hydrogens is 444 g/mol. The Kier molecular flexibility index (Phi) is 10.2. The summed E-state index contributed by atoms with van der Waals surface area (Å²) in [5, 5.41) is 4.05. The Morgan fingerprint density at radius 2 is 1.91 bits per heavy atom. The molecule has 8 heteroatoms. The highest BCUT2D eigenvalue weighted by Gasteiger charge is 2.30. The predicted octanol–water partition coefficient (Wildman–Crippen LogP) is 4.80. The van der Waals surface area contributed by atoms with Crippen molar-refractivity contribution < 1.29 is 9.59 Å². The van der Waals surface area contributed by atoms with Gasteiger partial charge < -0.3 is 16.0 Å². The third kappa shape index (κ3) is 6.58. The lowest BCUT2D eigenvalue weighted by Gasteiger charge is -2.33. The van der Waals surface area contributed by atoms with Crippen molar-refractivity contribution in [2.24, 2.45) is 11.8 Å². The molecule has 0 aromatic carbocycles. The van der Waals surface area contributed by atoms with Crippen molar-refractivity contribution in [3.63, 3.8) is 0 Å². The van der Waals surface area contributed by atoms with E-state index in [-0.39, 0.29) is 30.1 Å². The van der Waals surface area contributed by atoms with Gasteiger partial charge >= 0.3 is 0 Å². The lowest BCUT2D eigenvalue weighted by molar-refractivity contribution is -0.138. The number of halogens is 1. The molecule has 0 radical (unpaired) electrons. The Balaban J connectivity index is 0.00000363. The number of thiophene rings is 1. The summed E-state index contributed by atoms with van der Waals surface area (Å²) < 4.78 is 1.06. The van der Waals surface area contributed by atoms with Gasteiger partial charge in [-0.05, 0) is 43.7 Å². The number of amides is 2. The zero-order valence-corrected chi connectivity index (χ0v) is 21.1. The maximum atomic E-state index is 13.4. The summed E-state index contributed by atoms with van der Waals surface area (Å²) in [6.07, 6.45) is 7.86. The highest BCUT2D eigenvalue weighted by Crippen LogP contribution is 2.30. The molecule has 3 heterocycles. The average Bonchev–Trinajstić information content (AvgIpc) is 3.17. The second kappa shape index (κ2) is 12.4. The van der Waals surface area contributed by atoms with Gasteiger partial charge in [-0.15, -0.1) is 23.7 Å². The fourth-order valence-corrected chi connectivity index (χ4v) is 5.49. The molecule has 2 aromatic heterocycles. The molecule has 3 N–H and O–H groups in total. The van der Waals surface area contributed by atoms with E-state index in [1.54, 1.807) is 17.5 Å². The normalized spacial score (nSPS) is 15.6. The van der Waals surface area contributed by atoms with Gasteiger partial charge in [0, 0.05) is 46.6 Å². The van der Waals surface area contributed by atoms with Crippen molar-refractivity contribution in [3.05, 3.63) is 23.2 Å². The standard InChI is InChI=1S/C24H36N4O2S.ClH/c1-4-6-17(7-5-2)23(29)27-20(24(30)28-12-9-16(3)10-13-28)15-18-14-19-21(31-18)8-11-26-22(19)25;/h8,11,14,16-17,20H,4-7,9-10,12-13,15H2,1-3H3,(H2,25,26)(H,27,29);1H. The number of hydrogen-bond donors (Lipinski definition) is 2. The van der Waals surface area contributed by atoms with Gasteiger partial charge in [0.2, 0.25) is 11.8 Å². The molecule has 0 aliphatic carbocycles. The highest BCUT2D eigenvalue weighted by molar-refractivity contribution is 7.19. The van der Waals surface area contributed by atoms with Gasteiger partial charge in [0.15, 0.2) is 0 Å². The fourth-order valence-electron chi connectivity index (χ4n) is 4.38. The van der Waals surface area contributed by atoms with E-state index in [1.165, 1.54) is 0 Å². The van der Waals surface area contributed by atoms with E-state index in [0.717, 1.165) is 66.6 Å². The topological polar surface area (TPSA) is 88.3 Å². The van der Waals surface area contributed by atoms with Crippen molar-refractivity contribution in [1.82, 2.24) is 15.2 Å². The minimum absolute atomic E-state index is 0. The number of nitrogens with one attached hydrogen (secondary N) is 1. The van der Waals surface area contributed by atoms with Gasteiger partial charge in [0.05, 0.1) is 0 Å². The number of rotatable bonds is 9. The first-order valence-electron chi connectivity index (χ1n) is 11.6. The first kappa shape index (κ1) is 26.4. The molecular formula is C24H37ClN4O2S. The summed E-state index contributed by atoms with van der Waals surface area (Å²) in [6.45, 7) is 7.97. The summed E-state index contributed by atoms with van der Waals surface area (Å²) in [5.74, 6) is 1.16.